The van der Waals surface area contributed by atoms with Gasteiger partial charge >= 0.3 is 0 Å². The normalized spacial score (nSPS) is 11.2. The highest BCUT2D eigenvalue weighted by atomic mass is 32.2. The molecule has 0 atom stereocenters. The van der Waals surface area contributed by atoms with Gasteiger partial charge in [-0.15, -0.1) is 11.3 Å². The van der Waals surface area contributed by atoms with Gasteiger partial charge in [0, 0.05) is 5.69 Å². The molecule has 5 heteroatoms. The third kappa shape index (κ3) is 2.87. The van der Waals surface area contributed by atoms with E-state index in [0.717, 1.165) is 20.2 Å². The first-order valence-electron chi connectivity index (χ1n) is 5.11. The van der Waals surface area contributed by atoms with E-state index in [4.69, 9.17) is 0 Å². The number of carbonyl (C=O) groups is 1. The molecular weight excluding hydrogens is 252 g/mol. The summed E-state index contributed by atoms with van der Waals surface area (Å²) in [5, 5.41) is 2.81. The van der Waals surface area contributed by atoms with Crippen molar-refractivity contribution >= 4 is 44.9 Å². The second-order valence-corrected chi connectivity index (χ2v) is 5.44. The molecule has 1 N–H and O–H groups in total. The third-order valence-electron chi connectivity index (χ3n) is 2.13. The predicted octanol–water partition coefficient (Wildman–Crippen LogP) is 3.53. The van der Waals surface area contributed by atoms with Crippen molar-refractivity contribution in [2.75, 3.05) is 11.6 Å². The summed E-state index contributed by atoms with van der Waals surface area (Å²) in [5.41, 5.74) is 1.78. The summed E-state index contributed by atoms with van der Waals surface area (Å²) in [4.78, 5) is 15.8. The molecule has 0 aliphatic carbocycles. The number of benzene rings is 1. The molecule has 0 spiro atoms. The number of hydrogen-bond donors (Lipinski definition) is 1. The molecular formula is C12H12N2OS2. The summed E-state index contributed by atoms with van der Waals surface area (Å²) in [6.07, 6.45) is 5.23. The monoisotopic (exact) mass is 264 g/mol. The smallest absolute Gasteiger partial charge is 0.248 e. The number of nitrogens with one attached hydrogen (secondary N) is 1. The highest BCUT2D eigenvalue weighted by molar-refractivity contribution is 8.00. The molecule has 0 saturated heterocycles. The van der Waals surface area contributed by atoms with Crippen LogP contribution >= 0.6 is 23.1 Å². The lowest BCUT2D eigenvalue weighted by Crippen LogP contribution is -2.07. The van der Waals surface area contributed by atoms with Crippen molar-refractivity contribution < 1.29 is 4.79 Å². The Balaban J connectivity index is 2.27. The summed E-state index contributed by atoms with van der Waals surface area (Å²) < 4.78 is 2.13. The van der Waals surface area contributed by atoms with Crippen molar-refractivity contribution in [2.45, 2.75) is 11.3 Å². The van der Waals surface area contributed by atoms with Gasteiger partial charge in [-0.25, -0.2) is 4.98 Å². The summed E-state index contributed by atoms with van der Waals surface area (Å²) >= 11 is 3.27. The molecule has 0 saturated carbocycles. The van der Waals surface area contributed by atoms with E-state index in [1.807, 2.05) is 31.4 Å². The molecule has 3 nitrogen and oxygen atoms in total. The molecule has 17 heavy (non-hydrogen) atoms. The van der Waals surface area contributed by atoms with Gasteiger partial charge in [-0.05, 0) is 37.5 Å². The lowest BCUT2D eigenvalue weighted by Gasteiger charge is -2.00. The number of thioether (sulfide) groups is 1. The molecule has 1 aromatic carbocycles. The zero-order valence-electron chi connectivity index (χ0n) is 9.56. The van der Waals surface area contributed by atoms with Gasteiger partial charge in [-0.3, -0.25) is 4.79 Å². The Bertz CT molecular complexity index is 575. The van der Waals surface area contributed by atoms with Crippen molar-refractivity contribution in [2.24, 2.45) is 0 Å². The molecule has 0 aliphatic heterocycles. The van der Waals surface area contributed by atoms with Gasteiger partial charge in [0.2, 0.25) is 5.91 Å². The van der Waals surface area contributed by atoms with Crippen LogP contribution < -0.4 is 5.32 Å². The third-order valence-corrected chi connectivity index (χ3v) is 4.13. The van der Waals surface area contributed by atoms with E-state index >= 15 is 0 Å². The average Bonchev–Trinajstić information content (AvgIpc) is 2.71. The van der Waals surface area contributed by atoms with E-state index < -0.39 is 0 Å². The number of fused-ring (bicyclic) bond motifs is 1. The van der Waals surface area contributed by atoms with Crippen LogP contribution in [0.4, 0.5) is 5.69 Å². The maximum Gasteiger partial charge on any atom is 0.248 e. The molecule has 0 aliphatic rings. The van der Waals surface area contributed by atoms with E-state index in [-0.39, 0.29) is 5.91 Å². The minimum Gasteiger partial charge on any atom is -0.322 e. The molecule has 2 aromatic rings. The molecule has 1 heterocycles. The van der Waals surface area contributed by atoms with Crippen LogP contribution in [0.15, 0.2) is 34.7 Å². The zero-order chi connectivity index (χ0) is 12.3. The number of anilines is 1. The number of amides is 1. The van der Waals surface area contributed by atoms with Gasteiger partial charge in [-0.2, -0.15) is 0 Å². The van der Waals surface area contributed by atoms with Crippen LogP contribution in [0.1, 0.15) is 6.92 Å². The Labute approximate surface area is 108 Å². The van der Waals surface area contributed by atoms with Crippen molar-refractivity contribution in [3.63, 3.8) is 0 Å². The van der Waals surface area contributed by atoms with Crippen LogP contribution in [0, 0.1) is 0 Å². The van der Waals surface area contributed by atoms with E-state index in [1.54, 1.807) is 29.2 Å². The predicted molar refractivity (Wildman–Crippen MR) is 74.8 cm³/mol. The second-order valence-electron chi connectivity index (χ2n) is 3.36. The second kappa shape index (κ2) is 5.33. The van der Waals surface area contributed by atoms with Crippen molar-refractivity contribution in [1.29, 1.82) is 0 Å². The molecule has 0 fully saturated rings. The van der Waals surface area contributed by atoms with Gasteiger partial charge < -0.3 is 5.32 Å². The van der Waals surface area contributed by atoms with Crippen molar-refractivity contribution in [1.82, 2.24) is 4.98 Å². The molecule has 1 aromatic heterocycles. The molecule has 88 valence electrons. The Kier molecular flexibility index (Phi) is 3.81. The fourth-order valence-corrected chi connectivity index (χ4v) is 2.93. The van der Waals surface area contributed by atoms with Gasteiger partial charge in [0.1, 0.15) is 0 Å². The minimum atomic E-state index is -0.110. The first-order valence-corrected chi connectivity index (χ1v) is 7.15. The highest BCUT2D eigenvalue weighted by Crippen LogP contribution is 2.29. The summed E-state index contributed by atoms with van der Waals surface area (Å²) in [7, 11) is 0. The number of hydrogen-bond acceptors (Lipinski definition) is 4. The quantitative estimate of drug-likeness (QED) is 0.681. The van der Waals surface area contributed by atoms with Crippen LogP contribution in [-0.2, 0) is 4.79 Å². The number of thiazole rings is 1. The fraction of sp³-hybridized carbons (Fsp3) is 0.167. The maximum atomic E-state index is 11.4. The van der Waals surface area contributed by atoms with Crippen molar-refractivity contribution in [3.8, 4) is 0 Å². The number of nitrogens with zero attached hydrogens (tertiary/aromatic N) is 1. The Morgan fingerprint density at radius 1 is 1.53 bits per heavy atom. The van der Waals surface area contributed by atoms with E-state index in [2.05, 4.69) is 10.3 Å². The molecule has 1 amide bonds. The number of aromatic nitrogens is 1. The van der Waals surface area contributed by atoms with Gasteiger partial charge in [0.15, 0.2) is 4.34 Å². The lowest BCUT2D eigenvalue weighted by molar-refractivity contribution is -0.111. The minimum absolute atomic E-state index is 0.110. The Morgan fingerprint density at radius 2 is 2.35 bits per heavy atom. The Morgan fingerprint density at radius 3 is 3.06 bits per heavy atom. The van der Waals surface area contributed by atoms with Crippen LogP contribution in [0.2, 0.25) is 0 Å². The summed E-state index contributed by atoms with van der Waals surface area (Å²) in [6, 6.07) is 5.75. The Hall–Kier alpha value is -1.33. The molecule has 2 rings (SSSR count). The fourth-order valence-electron chi connectivity index (χ4n) is 1.40. The summed E-state index contributed by atoms with van der Waals surface area (Å²) in [5.74, 6) is -0.110. The number of rotatable bonds is 3. The highest BCUT2D eigenvalue weighted by Gasteiger charge is 2.04. The molecule has 0 bridgehead atoms. The zero-order valence-corrected chi connectivity index (χ0v) is 11.2. The first kappa shape index (κ1) is 12.1. The van der Waals surface area contributed by atoms with Crippen LogP contribution in [-0.4, -0.2) is 17.1 Å². The van der Waals surface area contributed by atoms with Crippen LogP contribution in [0.3, 0.4) is 0 Å². The largest absolute Gasteiger partial charge is 0.322 e. The maximum absolute atomic E-state index is 11.4. The molecule has 0 radical (unpaired) electrons. The van der Waals surface area contributed by atoms with Crippen LogP contribution in [0.25, 0.3) is 10.2 Å². The van der Waals surface area contributed by atoms with E-state index in [1.165, 1.54) is 6.08 Å². The first-order chi connectivity index (χ1) is 8.22. The number of allylic oxidation sites excluding steroid dienone is 1. The van der Waals surface area contributed by atoms with Gasteiger partial charge in [0.05, 0.1) is 10.2 Å². The SMILES string of the molecule is CC=CC(=O)Nc1ccc2nc(SC)sc2c1. The van der Waals surface area contributed by atoms with Crippen molar-refractivity contribution in [3.05, 3.63) is 30.4 Å². The standard InChI is InChI=1S/C12H12N2OS2/c1-3-4-11(15)13-8-5-6-9-10(7-8)17-12(14-9)16-2/h3-7H,1-2H3,(H,13,15). The van der Waals surface area contributed by atoms with Gasteiger partial charge in [0.25, 0.3) is 0 Å². The van der Waals surface area contributed by atoms with E-state index in [0.29, 0.717) is 0 Å². The average molecular weight is 264 g/mol. The summed E-state index contributed by atoms with van der Waals surface area (Å²) in [6.45, 7) is 1.82. The van der Waals surface area contributed by atoms with Crippen LogP contribution in [0.5, 0.6) is 0 Å². The van der Waals surface area contributed by atoms with E-state index in [9.17, 15) is 4.79 Å². The lowest BCUT2D eigenvalue weighted by atomic mass is 10.3. The van der Waals surface area contributed by atoms with Gasteiger partial charge in [-0.1, -0.05) is 17.8 Å². The topological polar surface area (TPSA) is 42.0 Å². The molecule has 0 unspecified atom stereocenters. The number of carbonyl (C=O) groups excluding carboxylic acids is 1.